The van der Waals surface area contributed by atoms with Crippen LogP contribution in [0.5, 0.6) is 5.75 Å². The first-order valence-electron chi connectivity index (χ1n) is 12.1. The standard InChI is InChI=1S/C28H26F3N3O5/c1-16-4-2-3-5-24(16)32-28(38)33-25-13-22(30)18(10-23(25)31)11-26(35)34-14-19(29)12-20(34)15-39-21-8-6-17(7-9-21)27(36)37/h2-10,13,19-20H,11-12,14-15H2,1H3,(H,36,37)(H2,32,33,38)/t19-,20+/m1/s1. The monoisotopic (exact) mass is 541 g/mol. The van der Waals surface area contributed by atoms with Gasteiger partial charge in [-0.3, -0.25) is 4.79 Å². The van der Waals surface area contributed by atoms with Crippen LogP contribution in [0.15, 0.2) is 60.7 Å². The number of hydrogen-bond acceptors (Lipinski definition) is 4. The van der Waals surface area contributed by atoms with Crippen molar-refractivity contribution in [2.45, 2.75) is 32.0 Å². The zero-order valence-electron chi connectivity index (χ0n) is 20.9. The van der Waals surface area contributed by atoms with Crippen molar-refractivity contribution in [2.24, 2.45) is 0 Å². The summed E-state index contributed by atoms with van der Waals surface area (Å²) < 4.78 is 49.3. The molecule has 1 aliphatic heterocycles. The Morgan fingerprint density at radius 2 is 1.69 bits per heavy atom. The van der Waals surface area contributed by atoms with Gasteiger partial charge in [-0.25, -0.2) is 22.8 Å². The Labute approximate surface area is 222 Å². The molecule has 3 aromatic rings. The number of halogens is 3. The predicted octanol–water partition coefficient (Wildman–Crippen LogP) is 5.18. The Hall–Kier alpha value is -4.54. The predicted molar refractivity (Wildman–Crippen MR) is 138 cm³/mol. The summed E-state index contributed by atoms with van der Waals surface area (Å²) in [7, 11) is 0. The van der Waals surface area contributed by atoms with E-state index in [1.807, 2.05) is 0 Å². The van der Waals surface area contributed by atoms with Crippen molar-refractivity contribution in [1.82, 2.24) is 4.90 Å². The average molecular weight is 542 g/mol. The molecule has 0 spiro atoms. The van der Waals surface area contributed by atoms with Crippen LogP contribution in [0.25, 0.3) is 0 Å². The number of likely N-dealkylation sites (tertiary alicyclic amines) is 1. The molecule has 3 aromatic carbocycles. The smallest absolute Gasteiger partial charge is 0.335 e. The molecule has 1 saturated heterocycles. The Morgan fingerprint density at radius 1 is 1.00 bits per heavy atom. The summed E-state index contributed by atoms with van der Waals surface area (Å²) in [5.74, 6) is -3.20. The van der Waals surface area contributed by atoms with Gasteiger partial charge in [0.15, 0.2) is 0 Å². The highest BCUT2D eigenvalue weighted by molar-refractivity contribution is 6.00. The number of anilines is 2. The summed E-state index contributed by atoms with van der Waals surface area (Å²) in [5, 5.41) is 13.8. The Kier molecular flexibility index (Phi) is 8.38. The van der Waals surface area contributed by atoms with E-state index < -0.39 is 53.9 Å². The number of aryl methyl sites for hydroxylation is 1. The number of alkyl halides is 1. The van der Waals surface area contributed by atoms with Gasteiger partial charge in [0.2, 0.25) is 5.91 Å². The number of urea groups is 1. The maximum atomic E-state index is 14.8. The van der Waals surface area contributed by atoms with Crippen LogP contribution in [-0.4, -0.2) is 53.3 Å². The number of rotatable bonds is 8. The maximum Gasteiger partial charge on any atom is 0.335 e. The van der Waals surface area contributed by atoms with E-state index in [-0.39, 0.29) is 30.7 Å². The zero-order valence-corrected chi connectivity index (χ0v) is 20.9. The van der Waals surface area contributed by atoms with Gasteiger partial charge in [0.1, 0.15) is 30.2 Å². The summed E-state index contributed by atoms with van der Waals surface area (Å²) >= 11 is 0. The summed E-state index contributed by atoms with van der Waals surface area (Å²) in [6, 6.07) is 12.8. The van der Waals surface area contributed by atoms with Crippen molar-refractivity contribution in [2.75, 3.05) is 23.8 Å². The van der Waals surface area contributed by atoms with Gasteiger partial charge in [-0.15, -0.1) is 0 Å². The second-order valence-electron chi connectivity index (χ2n) is 9.17. The highest BCUT2D eigenvalue weighted by atomic mass is 19.1. The van der Waals surface area contributed by atoms with Gasteiger partial charge in [0, 0.05) is 23.7 Å². The number of amides is 3. The van der Waals surface area contributed by atoms with Gasteiger partial charge >= 0.3 is 12.0 Å². The van der Waals surface area contributed by atoms with Crippen molar-refractivity contribution in [3.8, 4) is 5.75 Å². The number of carbonyl (C=O) groups excluding carboxylic acids is 2. The molecule has 0 saturated carbocycles. The van der Waals surface area contributed by atoms with E-state index in [1.165, 1.54) is 29.2 Å². The molecule has 39 heavy (non-hydrogen) atoms. The minimum Gasteiger partial charge on any atom is -0.491 e. The van der Waals surface area contributed by atoms with Crippen molar-refractivity contribution >= 4 is 29.3 Å². The number of hydrogen-bond donors (Lipinski definition) is 3. The van der Waals surface area contributed by atoms with Crippen molar-refractivity contribution < 1.29 is 37.4 Å². The number of aromatic carboxylic acids is 1. The Morgan fingerprint density at radius 3 is 2.38 bits per heavy atom. The van der Waals surface area contributed by atoms with E-state index in [0.29, 0.717) is 11.4 Å². The number of benzene rings is 3. The molecule has 0 bridgehead atoms. The molecule has 1 aliphatic rings. The van der Waals surface area contributed by atoms with Gasteiger partial charge in [0.25, 0.3) is 0 Å². The average Bonchev–Trinajstić information content (AvgIpc) is 3.28. The molecule has 11 heteroatoms. The Balaban J connectivity index is 1.38. The number of nitrogens with zero attached hydrogens (tertiary/aromatic N) is 1. The molecule has 4 rings (SSSR count). The van der Waals surface area contributed by atoms with Crippen LogP contribution in [0.4, 0.5) is 29.3 Å². The Bertz CT molecular complexity index is 1380. The summed E-state index contributed by atoms with van der Waals surface area (Å²) in [4.78, 5) is 37.4. The van der Waals surface area contributed by atoms with Gasteiger partial charge in [-0.05, 0) is 48.9 Å². The van der Waals surface area contributed by atoms with Crippen LogP contribution in [0.3, 0.4) is 0 Å². The van der Waals surface area contributed by atoms with Crippen molar-refractivity contribution in [1.29, 1.82) is 0 Å². The fourth-order valence-corrected chi connectivity index (χ4v) is 4.28. The van der Waals surface area contributed by atoms with Crippen LogP contribution in [0.1, 0.15) is 27.9 Å². The van der Waals surface area contributed by atoms with Gasteiger partial charge < -0.3 is 25.4 Å². The fourth-order valence-electron chi connectivity index (χ4n) is 4.28. The quantitative estimate of drug-likeness (QED) is 0.365. The first kappa shape index (κ1) is 27.5. The normalized spacial score (nSPS) is 16.6. The summed E-state index contributed by atoms with van der Waals surface area (Å²) in [6.07, 6.45) is -1.82. The van der Waals surface area contributed by atoms with Gasteiger partial charge in [0.05, 0.1) is 30.3 Å². The number of nitrogens with one attached hydrogen (secondary N) is 2. The first-order valence-corrected chi connectivity index (χ1v) is 12.1. The van der Waals surface area contributed by atoms with E-state index in [1.54, 1.807) is 31.2 Å². The molecular formula is C28H26F3N3O5. The largest absolute Gasteiger partial charge is 0.491 e. The lowest BCUT2D eigenvalue weighted by Gasteiger charge is -2.24. The molecule has 0 radical (unpaired) electrons. The molecule has 204 valence electrons. The zero-order chi connectivity index (χ0) is 28.1. The lowest BCUT2D eigenvalue weighted by molar-refractivity contribution is -0.132. The fraction of sp³-hybridized carbons (Fsp3) is 0.250. The van der Waals surface area contributed by atoms with E-state index in [2.05, 4.69) is 10.6 Å². The van der Waals surface area contributed by atoms with E-state index in [9.17, 15) is 27.6 Å². The molecule has 3 N–H and O–H groups in total. The lowest BCUT2D eigenvalue weighted by atomic mass is 10.1. The summed E-state index contributed by atoms with van der Waals surface area (Å²) in [6.45, 7) is 1.50. The molecule has 1 heterocycles. The van der Waals surface area contributed by atoms with Crippen LogP contribution in [0.2, 0.25) is 0 Å². The molecule has 1 fully saturated rings. The number of carboxylic acid groups (broad SMARTS) is 1. The van der Waals surface area contributed by atoms with Crippen molar-refractivity contribution in [3.63, 3.8) is 0 Å². The van der Waals surface area contributed by atoms with Crippen molar-refractivity contribution in [3.05, 3.63) is 89.0 Å². The third kappa shape index (κ3) is 6.86. The molecular weight excluding hydrogens is 515 g/mol. The molecule has 0 aliphatic carbocycles. The van der Waals surface area contributed by atoms with Crippen LogP contribution < -0.4 is 15.4 Å². The first-order chi connectivity index (χ1) is 18.6. The number of carbonyl (C=O) groups is 3. The minimum atomic E-state index is -1.31. The van der Waals surface area contributed by atoms with E-state index in [4.69, 9.17) is 9.84 Å². The van der Waals surface area contributed by atoms with Gasteiger partial charge in [-0.2, -0.15) is 0 Å². The second-order valence-corrected chi connectivity index (χ2v) is 9.17. The van der Waals surface area contributed by atoms with Gasteiger partial charge in [-0.1, -0.05) is 18.2 Å². The second kappa shape index (κ2) is 11.9. The van der Waals surface area contributed by atoms with E-state index in [0.717, 1.165) is 17.7 Å². The molecule has 0 unspecified atom stereocenters. The number of ether oxygens (including phenoxy) is 1. The number of carboxylic acids is 1. The highest BCUT2D eigenvalue weighted by Crippen LogP contribution is 2.26. The highest BCUT2D eigenvalue weighted by Gasteiger charge is 2.36. The van der Waals surface area contributed by atoms with Crippen LogP contribution >= 0.6 is 0 Å². The molecule has 8 nitrogen and oxygen atoms in total. The third-order valence-corrected chi connectivity index (χ3v) is 6.35. The van der Waals surface area contributed by atoms with Crippen LogP contribution in [0, 0.1) is 18.6 Å². The number of para-hydroxylation sites is 1. The van der Waals surface area contributed by atoms with E-state index >= 15 is 0 Å². The molecule has 2 atom stereocenters. The van der Waals surface area contributed by atoms with Crippen LogP contribution in [-0.2, 0) is 11.2 Å². The minimum absolute atomic E-state index is 0.00858. The maximum absolute atomic E-state index is 14.8. The lowest BCUT2D eigenvalue weighted by Crippen LogP contribution is -2.40. The third-order valence-electron chi connectivity index (χ3n) is 6.35. The molecule has 3 amide bonds. The summed E-state index contributed by atoms with van der Waals surface area (Å²) in [5.41, 5.74) is 0.718. The topological polar surface area (TPSA) is 108 Å². The SMILES string of the molecule is Cc1ccccc1NC(=O)Nc1cc(F)c(CC(=O)N2C[C@H](F)C[C@H]2COc2ccc(C(=O)O)cc2)cc1F. The molecule has 0 aromatic heterocycles.